The van der Waals surface area contributed by atoms with Crippen LogP contribution in [0.4, 0.5) is 4.39 Å². The highest BCUT2D eigenvalue weighted by atomic mass is 32.2. The Morgan fingerprint density at radius 3 is 2.53 bits per heavy atom. The van der Waals surface area contributed by atoms with Crippen LogP contribution in [-0.2, 0) is 28.4 Å². The molecule has 0 atom stereocenters. The van der Waals surface area contributed by atoms with E-state index in [0.717, 1.165) is 0 Å². The number of nitrogens with one attached hydrogen (secondary N) is 1. The third-order valence-corrected chi connectivity index (χ3v) is 5.55. The number of methoxy groups -OCH3 is 1. The van der Waals surface area contributed by atoms with Crippen LogP contribution >= 0.6 is 0 Å². The second-order valence-corrected chi connectivity index (χ2v) is 8.00. The van der Waals surface area contributed by atoms with Gasteiger partial charge in [-0.15, -0.1) is 0 Å². The molecule has 1 aromatic heterocycles. The summed E-state index contributed by atoms with van der Waals surface area (Å²) in [6.45, 7) is -0.00719. The van der Waals surface area contributed by atoms with Gasteiger partial charge in [-0.2, -0.15) is 5.10 Å². The van der Waals surface area contributed by atoms with Crippen molar-refractivity contribution in [3.63, 3.8) is 0 Å². The molecule has 0 spiro atoms. The van der Waals surface area contributed by atoms with Gasteiger partial charge >= 0.3 is 5.97 Å². The van der Waals surface area contributed by atoms with Crippen LogP contribution in [0.3, 0.4) is 0 Å². The molecule has 30 heavy (non-hydrogen) atoms. The van der Waals surface area contributed by atoms with Crippen LogP contribution in [0.1, 0.15) is 27.2 Å². The number of benzene rings is 2. The van der Waals surface area contributed by atoms with Crippen LogP contribution in [0.5, 0.6) is 0 Å². The van der Waals surface area contributed by atoms with Crippen LogP contribution in [0.2, 0.25) is 0 Å². The van der Waals surface area contributed by atoms with Gasteiger partial charge in [0, 0.05) is 24.4 Å². The zero-order valence-corrected chi connectivity index (χ0v) is 17.0. The van der Waals surface area contributed by atoms with E-state index in [4.69, 9.17) is 4.74 Å². The number of hydrogen-bond acceptors (Lipinski definition) is 5. The first-order chi connectivity index (χ1) is 14.3. The number of ether oxygens (including phenoxy) is 1. The fourth-order valence-corrected chi connectivity index (χ4v) is 3.72. The van der Waals surface area contributed by atoms with Crippen molar-refractivity contribution < 1.29 is 22.3 Å². The third kappa shape index (κ3) is 5.11. The van der Waals surface area contributed by atoms with E-state index in [9.17, 15) is 17.6 Å². The number of rotatable bonds is 5. The SMILES string of the molecule is COC(=O)c1ccc(S(=O)(=O)NCc2ccn(C)n2)c(C#Cc2ccc(F)cc2)c1. The number of carbonyl (C=O) groups is 1. The number of nitrogens with zero attached hydrogens (tertiary/aromatic N) is 2. The monoisotopic (exact) mass is 427 g/mol. The maximum atomic E-state index is 13.1. The van der Waals surface area contributed by atoms with Crippen LogP contribution in [0.25, 0.3) is 0 Å². The van der Waals surface area contributed by atoms with Crippen molar-refractivity contribution in [3.05, 3.63) is 82.9 Å². The Bertz CT molecular complexity index is 1240. The normalized spacial score (nSPS) is 10.9. The Balaban J connectivity index is 1.98. The highest BCUT2D eigenvalue weighted by Crippen LogP contribution is 2.18. The van der Waals surface area contributed by atoms with Gasteiger partial charge in [-0.3, -0.25) is 4.68 Å². The molecule has 0 fully saturated rings. The summed E-state index contributed by atoms with van der Waals surface area (Å²) in [4.78, 5) is 11.8. The van der Waals surface area contributed by atoms with Gasteiger partial charge in [0.1, 0.15) is 5.82 Å². The molecule has 0 aliphatic carbocycles. The lowest BCUT2D eigenvalue weighted by molar-refractivity contribution is 0.0600. The van der Waals surface area contributed by atoms with Gasteiger partial charge in [0.05, 0.1) is 29.8 Å². The molecular formula is C21H18FN3O4S. The average Bonchev–Trinajstić information content (AvgIpc) is 3.16. The lowest BCUT2D eigenvalue weighted by Crippen LogP contribution is -2.24. The van der Waals surface area contributed by atoms with Gasteiger partial charge in [0.2, 0.25) is 10.0 Å². The van der Waals surface area contributed by atoms with Gasteiger partial charge in [0.25, 0.3) is 0 Å². The zero-order valence-electron chi connectivity index (χ0n) is 16.2. The highest BCUT2D eigenvalue weighted by molar-refractivity contribution is 7.89. The molecule has 0 aliphatic heterocycles. The summed E-state index contributed by atoms with van der Waals surface area (Å²) in [5, 5.41) is 4.13. The molecule has 0 unspecified atom stereocenters. The Kier molecular flexibility index (Phi) is 6.30. The van der Waals surface area contributed by atoms with Gasteiger partial charge in [0.15, 0.2) is 0 Å². The molecule has 3 aromatic rings. The molecule has 1 heterocycles. The fraction of sp³-hybridized carbons (Fsp3) is 0.143. The molecule has 7 nitrogen and oxygen atoms in total. The number of aryl methyl sites for hydroxylation is 1. The molecule has 3 rings (SSSR count). The fourth-order valence-electron chi connectivity index (χ4n) is 2.58. The first-order valence-electron chi connectivity index (χ1n) is 8.76. The molecule has 1 N–H and O–H groups in total. The van der Waals surface area contributed by atoms with E-state index >= 15 is 0 Å². The Morgan fingerprint density at radius 1 is 1.17 bits per heavy atom. The third-order valence-electron chi connectivity index (χ3n) is 4.09. The standard InChI is InChI=1S/C21H18FN3O4S/c1-25-12-11-19(24-25)14-23-30(27,28)20-10-7-17(21(26)29-2)13-16(20)6-3-15-4-8-18(22)9-5-15/h4-5,7-13,23H,14H2,1-2H3. The predicted molar refractivity (Wildman–Crippen MR) is 107 cm³/mol. The lowest BCUT2D eigenvalue weighted by Gasteiger charge is -2.09. The van der Waals surface area contributed by atoms with Crippen LogP contribution in [0, 0.1) is 17.7 Å². The molecule has 2 aromatic carbocycles. The van der Waals surface area contributed by atoms with E-state index in [2.05, 4.69) is 21.7 Å². The molecule has 0 aliphatic rings. The van der Waals surface area contributed by atoms with E-state index in [0.29, 0.717) is 11.3 Å². The number of carbonyl (C=O) groups excluding carboxylic acids is 1. The summed E-state index contributed by atoms with van der Waals surface area (Å²) >= 11 is 0. The lowest BCUT2D eigenvalue weighted by atomic mass is 10.1. The van der Waals surface area contributed by atoms with Crippen molar-refractivity contribution in [1.82, 2.24) is 14.5 Å². The van der Waals surface area contributed by atoms with E-state index in [-0.39, 0.29) is 22.6 Å². The van der Waals surface area contributed by atoms with Crippen molar-refractivity contribution in [2.24, 2.45) is 7.05 Å². The first kappa shape index (κ1) is 21.2. The van der Waals surface area contributed by atoms with Crippen molar-refractivity contribution in [2.45, 2.75) is 11.4 Å². The summed E-state index contributed by atoms with van der Waals surface area (Å²) in [6, 6.07) is 11.1. The second kappa shape index (κ2) is 8.90. The molecule has 0 saturated heterocycles. The smallest absolute Gasteiger partial charge is 0.337 e. The van der Waals surface area contributed by atoms with E-state index in [1.54, 1.807) is 24.0 Å². The second-order valence-electron chi connectivity index (χ2n) is 6.26. The topological polar surface area (TPSA) is 90.3 Å². The van der Waals surface area contributed by atoms with Crippen LogP contribution in [0.15, 0.2) is 59.6 Å². The number of aromatic nitrogens is 2. The molecule has 9 heteroatoms. The quantitative estimate of drug-likeness (QED) is 0.498. The summed E-state index contributed by atoms with van der Waals surface area (Å²) in [5.41, 5.74) is 1.30. The largest absolute Gasteiger partial charge is 0.465 e. The minimum atomic E-state index is -3.95. The predicted octanol–water partition coefficient (Wildman–Crippen LogP) is 2.22. The Hall–Kier alpha value is -3.48. The molecular weight excluding hydrogens is 409 g/mol. The molecule has 154 valence electrons. The Morgan fingerprint density at radius 2 is 1.90 bits per heavy atom. The minimum absolute atomic E-state index is 0.00719. The van der Waals surface area contributed by atoms with Crippen molar-refractivity contribution >= 4 is 16.0 Å². The summed E-state index contributed by atoms with van der Waals surface area (Å²) in [7, 11) is -0.998. The molecule has 0 bridgehead atoms. The van der Waals surface area contributed by atoms with Gasteiger partial charge < -0.3 is 4.74 Å². The minimum Gasteiger partial charge on any atom is -0.465 e. The van der Waals surface area contributed by atoms with Crippen molar-refractivity contribution in [2.75, 3.05) is 7.11 Å². The van der Waals surface area contributed by atoms with Gasteiger partial charge in [-0.05, 0) is 48.5 Å². The van der Waals surface area contributed by atoms with Gasteiger partial charge in [-0.25, -0.2) is 22.3 Å². The maximum Gasteiger partial charge on any atom is 0.337 e. The average molecular weight is 427 g/mol. The molecule has 0 radical (unpaired) electrons. The van der Waals surface area contributed by atoms with Crippen LogP contribution < -0.4 is 4.72 Å². The summed E-state index contributed by atoms with van der Waals surface area (Å²) < 4.78 is 47.5. The first-order valence-corrected chi connectivity index (χ1v) is 10.2. The van der Waals surface area contributed by atoms with E-state index < -0.39 is 21.8 Å². The van der Waals surface area contributed by atoms with Crippen LogP contribution in [-0.4, -0.2) is 31.3 Å². The van der Waals surface area contributed by atoms with Crippen molar-refractivity contribution in [1.29, 1.82) is 0 Å². The maximum absolute atomic E-state index is 13.1. The summed E-state index contributed by atoms with van der Waals surface area (Å²) in [5.74, 6) is 4.52. The van der Waals surface area contributed by atoms with E-state index in [1.807, 2.05) is 0 Å². The Labute approximate surface area is 173 Å². The zero-order chi connectivity index (χ0) is 21.7. The summed E-state index contributed by atoms with van der Waals surface area (Å²) in [6.07, 6.45) is 1.70. The van der Waals surface area contributed by atoms with Gasteiger partial charge in [-0.1, -0.05) is 11.8 Å². The number of hydrogen-bond donors (Lipinski definition) is 1. The van der Waals surface area contributed by atoms with Crippen molar-refractivity contribution in [3.8, 4) is 11.8 Å². The molecule has 0 amide bonds. The number of halogens is 1. The highest BCUT2D eigenvalue weighted by Gasteiger charge is 2.20. The number of esters is 1. The molecule has 0 saturated carbocycles. The number of sulfonamides is 1. The van der Waals surface area contributed by atoms with E-state index in [1.165, 1.54) is 49.6 Å².